The van der Waals surface area contributed by atoms with Crippen LogP contribution >= 0.6 is 0 Å². The molecule has 2 saturated heterocycles. The van der Waals surface area contributed by atoms with Crippen LogP contribution in [0.5, 0.6) is 0 Å². The molecule has 0 bridgehead atoms. The molecule has 8 heteroatoms. The Bertz CT molecular complexity index is 677. The lowest BCUT2D eigenvalue weighted by Gasteiger charge is -2.39. The van der Waals surface area contributed by atoms with Crippen molar-refractivity contribution in [1.82, 2.24) is 9.21 Å². The number of methoxy groups -OCH3 is 1. The van der Waals surface area contributed by atoms with Crippen molar-refractivity contribution < 1.29 is 22.4 Å². The van der Waals surface area contributed by atoms with Gasteiger partial charge in [0.15, 0.2) is 0 Å². The van der Waals surface area contributed by atoms with E-state index in [1.807, 2.05) is 4.90 Å². The van der Waals surface area contributed by atoms with E-state index in [2.05, 4.69) is 0 Å². The molecule has 1 spiro atoms. The molecule has 0 unspecified atom stereocenters. The highest BCUT2D eigenvalue weighted by Crippen LogP contribution is 2.44. The smallest absolute Gasteiger partial charge is 0.257 e. The molecule has 3 rings (SSSR count). The lowest BCUT2D eigenvalue weighted by Crippen LogP contribution is -2.44. The fourth-order valence-electron chi connectivity index (χ4n) is 3.96. The normalized spacial score (nSPS) is 24.6. The Balaban J connectivity index is 1.68. The molecule has 1 aromatic rings. The van der Waals surface area contributed by atoms with Crippen molar-refractivity contribution >= 4 is 15.9 Å². The van der Waals surface area contributed by atoms with Crippen molar-refractivity contribution in [3.05, 3.63) is 24.2 Å². The Hall–Kier alpha value is -1.38. The molecule has 2 aliphatic heterocycles. The number of amides is 1. The van der Waals surface area contributed by atoms with Gasteiger partial charge in [-0.25, -0.2) is 8.42 Å². The van der Waals surface area contributed by atoms with Gasteiger partial charge in [-0.05, 0) is 30.7 Å². The van der Waals surface area contributed by atoms with Crippen LogP contribution in [0.25, 0.3) is 0 Å². The van der Waals surface area contributed by atoms with Crippen LogP contribution in [0.1, 0.15) is 29.6 Å². The minimum Gasteiger partial charge on any atom is -0.472 e. The SMILES string of the molecule is COC[C@@H]1CC2(CCN(C(=O)c3ccoc3)CC2)CN1S(C)(=O)=O. The summed E-state index contributed by atoms with van der Waals surface area (Å²) in [7, 11) is -1.66. The van der Waals surface area contributed by atoms with E-state index in [1.165, 1.54) is 18.8 Å². The zero-order chi connectivity index (χ0) is 17.4. The van der Waals surface area contributed by atoms with Gasteiger partial charge in [-0.15, -0.1) is 0 Å². The minimum absolute atomic E-state index is 0.0231. The molecule has 0 aromatic carbocycles. The number of ether oxygens (including phenoxy) is 1. The molecule has 3 heterocycles. The van der Waals surface area contributed by atoms with Gasteiger partial charge in [-0.2, -0.15) is 4.31 Å². The van der Waals surface area contributed by atoms with E-state index >= 15 is 0 Å². The Labute approximate surface area is 142 Å². The van der Waals surface area contributed by atoms with Crippen molar-refractivity contribution in [2.45, 2.75) is 25.3 Å². The number of carbonyl (C=O) groups excluding carboxylic acids is 1. The molecule has 0 N–H and O–H groups in total. The van der Waals surface area contributed by atoms with E-state index in [0.29, 0.717) is 31.8 Å². The van der Waals surface area contributed by atoms with E-state index < -0.39 is 10.0 Å². The number of likely N-dealkylation sites (tertiary alicyclic amines) is 1. The number of carbonyl (C=O) groups is 1. The zero-order valence-corrected chi connectivity index (χ0v) is 14.9. The van der Waals surface area contributed by atoms with Crippen LogP contribution in [0.4, 0.5) is 0 Å². The molecule has 0 aliphatic carbocycles. The van der Waals surface area contributed by atoms with Gasteiger partial charge in [0.1, 0.15) is 6.26 Å². The molecule has 0 radical (unpaired) electrons. The average Bonchev–Trinajstić information content (AvgIpc) is 3.16. The van der Waals surface area contributed by atoms with Crippen LogP contribution in [0, 0.1) is 5.41 Å². The first kappa shape index (κ1) is 17.4. The predicted octanol–water partition coefficient (Wildman–Crippen LogP) is 1.18. The molecule has 24 heavy (non-hydrogen) atoms. The van der Waals surface area contributed by atoms with Gasteiger partial charge in [0.25, 0.3) is 5.91 Å². The van der Waals surface area contributed by atoms with Crippen LogP contribution in [0.15, 0.2) is 23.0 Å². The van der Waals surface area contributed by atoms with Gasteiger partial charge in [0.05, 0.1) is 24.7 Å². The second kappa shape index (κ2) is 6.50. The maximum Gasteiger partial charge on any atom is 0.257 e. The van der Waals surface area contributed by atoms with E-state index in [1.54, 1.807) is 17.5 Å². The van der Waals surface area contributed by atoms with Crippen LogP contribution in [-0.2, 0) is 14.8 Å². The number of hydrogen-bond acceptors (Lipinski definition) is 5. The number of rotatable bonds is 4. The summed E-state index contributed by atoms with van der Waals surface area (Å²) in [6, 6.07) is 1.56. The first-order chi connectivity index (χ1) is 11.3. The van der Waals surface area contributed by atoms with Crippen molar-refractivity contribution in [2.24, 2.45) is 5.41 Å². The predicted molar refractivity (Wildman–Crippen MR) is 88.1 cm³/mol. The first-order valence-electron chi connectivity index (χ1n) is 8.12. The van der Waals surface area contributed by atoms with E-state index in [0.717, 1.165) is 19.3 Å². The highest BCUT2D eigenvalue weighted by molar-refractivity contribution is 7.88. The van der Waals surface area contributed by atoms with Crippen molar-refractivity contribution in [1.29, 1.82) is 0 Å². The third kappa shape index (κ3) is 3.36. The molecule has 0 saturated carbocycles. The number of nitrogens with zero attached hydrogens (tertiary/aromatic N) is 2. The molecule has 2 fully saturated rings. The fraction of sp³-hybridized carbons (Fsp3) is 0.688. The second-order valence-corrected chi connectivity index (χ2v) is 8.86. The highest BCUT2D eigenvalue weighted by atomic mass is 32.2. The quantitative estimate of drug-likeness (QED) is 0.809. The van der Waals surface area contributed by atoms with Crippen LogP contribution in [-0.4, -0.2) is 69.2 Å². The minimum atomic E-state index is -3.25. The van der Waals surface area contributed by atoms with Crippen LogP contribution < -0.4 is 0 Å². The third-order valence-electron chi connectivity index (χ3n) is 5.23. The van der Waals surface area contributed by atoms with Gasteiger partial charge in [0, 0.05) is 32.8 Å². The topological polar surface area (TPSA) is 80.1 Å². The average molecular weight is 356 g/mol. The second-order valence-electron chi connectivity index (χ2n) is 6.93. The zero-order valence-electron chi connectivity index (χ0n) is 14.1. The summed E-state index contributed by atoms with van der Waals surface area (Å²) in [6.07, 6.45) is 6.62. The first-order valence-corrected chi connectivity index (χ1v) is 9.97. The van der Waals surface area contributed by atoms with E-state index in [-0.39, 0.29) is 17.4 Å². The summed E-state index contributed by atoms with van der Waals surface area (Å²) in [4.78, 5) is 14.2. The molecular formula is C16H24N2O5S. The number of hydrogen-bond donors (Lipinski definition) is 0. The van der Waals surface area contributed by atoms with Gasteiger partial charge >= 0.3 is 0 Å². The van der Waals surface area contributed by atoms with Gasteiger partial charge in [0.2, 0.25) is 10.0 Å². The highest BCUT2D eigenvalue weighted by Gasteiger charge is 2.48. The summed E-state index contributed by atoms with van der Waals surface area (Å²) < 4.78 is 35.9. The molecule has 1 atom stereocenters. The Morgan fingerprint density at radius 2 is 2.12 bits per heavy atom. The molecule has 7 nitrogen and oxygen atoms in total. The summed E-state index contributed by atoms with van der Waals surface area (Å²) in [6.45, 7) is 2.21. The molecular weight excluding hydrogens is 332 g/mol. The third-order valence-corrected chi connectivity index (χ3v) is 6.51. The van der Waals surface area contributed by atoms with Gasteiger partial charge < -0.3 is 14.1 Å². The number of piperidine rings is 1. The fourth-order valence-corrected chi connectivity index (χ4v) is 5.15. The Morgan fingerprint density at radius 3 is 2.67 bits per heavy atom. The van der Waals surface area contributed by atoms with Crippen molar-refractivity contribution in [3.63, 3.8) is 0 Å². The number of sulfonamides is 1. The molecule has 1 amide bonds. The largest absolute Gasteiger partial charge is 0.472 e. The van der Waals surface area contributed by atoms with E-state index in [4.69, 9.17) is 9.15 Å². The maximum atomic E-state index is 12.4. The summed E-state index contributed by atoms with van der Waals surface area (Å²) in [5.74, 6) is -0.0231. The van der Waals surface area contributed by atoms with Crippen molar-refractivity contribution in [3.8, 4) is 0 Å². The lowest BCUT2D eigenvalue weighted by molar-refractivity contribution is 0.0594. The standard InChI is InChI=1S/C16H24N2O5S/c1-22-11-14-9-16(12-18(14)24(2,20)21)4-6-17(7-5-16)15(19)13-3-8-23-10-13/h3,8,10,14H,4-7,9,11-12H2,1-2H3/t14-/m0/s1. The summed E-state index contributed by atoms with van der Waals surface area (Å²) >= 11 is 0. The monoisotopic (exact) mass is 356 g/mol. The van der Waals surface area contributed by atoms with Crippen LogP contribution in [0.2, 0.25) is 0 Å². The summed E-state index contributed by atoms with van der Waals surface area (Å²) in [5, 5.41) is 0. The Morgan fingerprint density at radius 1 is 1.42 bits per heavy atom. The van der Waals surface area contributed by atoms with Crippen molar-refractivity contribution in [2.75, 3.05) is 39.6 Å². The van der Waals surface area contributed by atoms with E-state index in [9.17, 15) is 13.2 Å². The summed E-state index contributed by atoms with van der Waals surface area (Å²) in [5.41, 5.74) is 0.506. The number of furan rings is 1. The molecule has 1 aromatic heterocycles. The Kier molecular flexibility index (Phi) is 4.72. The molecule has 2 aliphatic rings. The lowest BCUT2D eigenvalue weighted by atomic mass is 9.76. The van der Waals surface area contributed by atoms with Crippen LogP contribution in [0.3, 0.4) is 0 Å². The maximum absolute atomic E-state index is 12.4. The molecule has 134 valence electrons. The van der Waals surface area contributed by atoms with Gasteiger partial charge in [-0.3, -0.25) is 4.79 Å². The van der Waals surface area contributed by atoms with Gasteiger partial charge in [-0.1, -0.05) is 0 Å².